The van der Waals surface area contributed by atoms with E-state index in [4.69, 9.17) is 5.11 Å². The third-order valence-corrected chi connectivity index (χ3v) is 3.43. The van der Waals surface area contributed by atoms with Crippen LogP contribution in [0.1, 0.15) is 23.6 Å². The van der Waals surface area contributed by atoms with Gasteiger partial charge in [0.05, 0.1) is 12.0 Å². The van der Waals surface area contributed by atoms with Gasteiger partial charge in [0.2, 0.25) is 5.91 Å². The Balaban J connectivity index is 2.42. The third kappa shape index (κ3) is 1.96. The van der Waals surface area contributed by atoms with Crippen LogP contribution in [0.15, 0.2) is 18.2 Å². The summed E-state index contributed by atoms with van der Waals surface area (Å²) in [4.78, 5) is 24.2. The summed E-state index contributed by atoms with van der Waals surface area (Å²) < 4.78 is 13.2. The molecule has 1 N–H and O–H groups in total. The highest BCUT2D eigenvalue weighted by molar-refractivity contribution is 5.87. The molecule has 1 aromatic carbocycles. The fraction of sp³-hybridized carbons (Fsp3) is 0.385. The Kier molecular flexibility index (Phi) is 3.07. The van der Waals surface area contributed by atoms with Gasteiger partial charge < -0.3 is 10.0 Å². The summed E-state index contributed by atoms with van der Waals surface area (Å²) in [5, 5.41) is 9.15. The summed E-state index contributed by atoms with van der Waals surface area (Å²) in [6, 6.07) is 3.93. The lowest BCUT2D eigenvalue weighted by Gasteiger charge is -2.23. The number of nitrogens with zero attached hydrogens (tertiary/aromatic N) is 1. The van der Waals surface area contributed by atoms with Gasteiger partial charge in [-0.3, -0.25) is 9.59 Å². The Hall–Kier alpha value is -1.91. The van der Waals surface area contributed by atoms with Crippen LogP contribution >= 0.6 is 0 Å². The van der Waals surface area contributed by atoms with Crippen molar-refractivity contribution in [2.45, 2.75) is 19.4 Å². The molecule has 0 spiro atoms. The van der Waals surface area contributed by atoms with Gasteiger partial charge in [-0.05, 0) is 24.1 Å². The smallest absolute Gasteiger partial charge is 0.309 e. The maximum Gasteiger partial charge on any atom is 0.309 e. The molecule has 0 radical (unpaired) electrons. The van der Waals surface area contributed by atoms with Gasteiger partial charge in [0.25, 0.3) is 0 Å². The number of carbonyl (C=O) groups excluding carboxylic acids is 1. The first-order valence-electron chi connectivity index (χ1n) is 5.66. The average molecular weight is 251 g/mol. The van der Waals surface area contributed by atoms with E-state index in [9.17, 15) is 14.0 Å². The molecular formula is C13H14FNO3. The summed E-state index contributed by atoms with van der Waals surface area (Å²) in [5.74, 6) is -2.31. The number of rotatable bonds is 2. The quantitative estimate of drug-likeness (QED) is 0.871. The van der Waals surface area contributed by atoms with Gasteiger partial charge in [-0.2, -0.15) is 0 Å². The van der Waals surface area contributed by atoms with Gasteiger partial charge in [-0.25, -0.2) is 4.39 Å². The first-order chi connectivity index (χ1) is 8.41. The van der Waals surface area contributed by atoms with E-state index in [-0.39, 0.29) is 18.1 Å². The summed E-state index contributed by atoms with van der Waals surface area (Å²) in [5.41, 5.74) is 1.11. The maximum absolute atomic E-state index is 13.2. The Morgan fingerprint density at radius 2 is 2.17 bits per heavy atom. The largest absolute Gasteiger partial charge is 0.481 e. The molecule has 1 aliphatic heterocycles. The van der Waals surface area contributed by atoms with Crippen molar-refractivity contribution in [3.8, 4) is 0 Å². The molecule has 96 valence electrons. The van der Waals surface area contributed by atoms with Crippen molar-refractivity contribution in [1.82, 2.24) is 4.90 Å². The topological polar surface area (TPSA) is 57.6 Å². The molecule has 2 unspecified atom stereocenters. The lowest BCUT2D eigenvalue weighted by molar-refractivity contribution is -0.142. The summed E-state index contributed by atoms with van der Waals surface area (Å²) in [6.07, 6.45) is -0.00702. The van der Waals surface area contributed by atoms with Gasteiger partial charge in [0.1, 0.15) is 5.82 Å². The minimum absolute atomic E-state index is 0.00702. The number of likely N-dealkylation sites (tertiary alicyclic amines) is 1. The van der Waals surface area contributed by atoms with Crippen molar-refractivity contribution >= 4 is 11.9 Å². The molecule has 0 aliphatic carbocycles. The van der Waals surface area contributed by atoms with Crippen molar-refractivity contribution in [2.75, 3.05) is 7.05 Å². The van der Waals surface area contributed by atoms with E-state index in [2.05, 4.69) is 0 Å². The predicted molar refractivity (Wildman–Crippen MR) is 62.4 cm³/mol. The lowest BCUT2D eigenvalue weighted by Crippen LogP contribution is -2.27. The first-order valence-corrected chi connectivity index (χ1v) is 5.66. The summed E-state index contributed by atoms with van der Waals surface area (Å²) in [6.45, 7) is 1.62. The first kappa shape index (κ1) is 12.5. The molecule has 4 nitrogen and oxygen atoms in total. The molecule has 1 amide bonds. The predicted octanol–water partition coefficient (Wildman–Crippen LogP) is 1.74. The molecule has 1 aromatic rings. The van der Waals surface area contributed by atoms with Crippen molar-refractivity contribution in [2.24, 2.45) is 5.92 Å². The van der Waals surface area contributed by atoms with E-state index in [0.29, 0.717) is 11.1 Å². The SMILES string of the molecule is Cc1cc(C2C(C(=O)O)CC(=O)N2C)ccc1F. The highest BCUT2D eigenvalue weighted by Crippen LogP contribution is 2.37. The molecule has 0 aromatic heterocycles. The zero-order valence-corrected chi connectivity index (χ0v) is 10.2. The van der Waals surface area contributed by atoms with Crippen LogP contribution in [0.4, 0.5) is 4.39 Å². The zero-order valence-electron chi connectivity index (χ0n) is 10.2. The highest BCUT2D eigenvalue weighted by Gasteiger charge is 2.42. The second kappa shape index (κ2) is 4.40. The fourth-order valence-corrected chi connectivity index (χ4v) is 2.40. The molecule has 5 heteroatoms. The Labute approximate surface area is 104 Å². The van der Waals surface area contributed by atoms with Crippen LogP contribution in [0.2, 0.25) is 0 Å². The molecule has 18 heavy (non-hydrogen) atoms. The molecule has 2 rings (SSSR count). The average Bonchev–Trinajstić information content (AvgIpc) is 2.60. The van der Waals surface area contributed by atoms with Crippen molar-refractivity contribution < 1.29 is 19.1 Å². The van der Waals surface area contributed by atoms with Crippen molar-refractivity contribution in [1.29, 1.82) is 0 Å². The van der Waals surface area contributed by atoms with E-state index in [0.717, 1.165) is 0 Å². The molecule has 1 aliphatic rings. The molecule has 1 fully saturated rings. The summed E-state index contributed by atoms with van der Waals surface area (Å²) in [7, 11) is 1.58. The van der Waals surface area contributed by atoms with Crippen LogP contribution in [0.3, 0.4) is 0 Å². The number of benzene rings is 1. The second-order valence-electron chi connectivity index (χ2n) is 4.61. The molecular weight excluding hydrogens is 237 g/mol. The number of hydrogen-bond donors (Lipinski definition) is 1. The number of aryl methyl sites for hydroxylation is 1. The number of halogens is 1. The van der Waals surface area contributed by atoms with E-state index in [1.54, 1.807) is 20.0 Å². The van der Waals surface area contributed by atoms with Gasteiger partial charge in [0, 0.05) is 13.5 Å². The number of carboxylic acid groups (broad SMARTS) is 1. The van der Waals surface area contributed by atoms with Crippen LogP contribution in [0.5, 0.6) is 0 Å². The molecule has 2 atom stereocenters. The van der Waals surface area contributed by atoms with E-state index < -0.39 is 17.9 Å². The molecule has 0 saturated carbocycles. The Morgan fingerprint density at radius 3 is 2.72 bits per heavy atom. The maximum atomic E-state index is 13.2. The van der Waals surface area contributed by atoms with Gasteiger partial charge in [0.15, 0.2) is 0 Å². The highest BCUT2D eigenvalue weighted by atomic mass is 19.1. The summed E-state index contributed by atoms with van der Waals surface area (Å²) >= 11 is 0. The van der Waals surface area contributed by atoms with Crippen LogP contribution in [-0.2, 0) is 9.59 Å². The zero-order chi connectivity index (χ0) is 13.4. The molecule has 1 heterocycles. The normalized spacial score (nSPS) is 23.5. The van der Waals surface area contributed by atoms with Gasteiger partial charge >= 0.3 is 5.97 Å². The minimum atomic E-state index is -1.00. The Bertz CT molecular complexity index is 515. The van der Waals surface area contributed by atoms with E-state index in [1.807, 2.05) is 0 Å². The number of carboxylic acids is 1. The molecule has 1 saturated heterocycles. The monoisotopic (exact) mass is 251 g/mol. The number of amides is 1. The standard InChI is InChI=1S/C13H14FNO3/c1-7-5-8(3-4-10(7)14)12-9(13(17)18)6-11(16)15(12)2/h3-5,9,12H,6H2,1-2H3,(H,17,18). The third-order valence-electron chi connectivity index (χ3n) is 3.43. The number of aliphatic carboxylic acids is 1. The lowest BCUT2D eigenvalue weighted by atomic mass is 9.93. The number of carbonyl (C=O) groups is 2. The molecule has 0 bridgehead atoms. The van der Waals surface area contributed by atoms with Gasteiger partial charge in [-0.1, -0.05) is 12.1 Å². The van der Waals surface area contributed by atoms with Crippen LogP contribution in [0.25, 0.3) is 0 Å². The van der Waals surface area contributed by atoms with E-state index >= 15 is 0 Å². The van der Waals surface area contributed by atoms with Crippen LogP contribution < -0.4 is 0 Å². The van der Waals surface area contributed by atoms with E-state index in [1.165, 1.54) is 17.0 Å². The van der Waals surface area contributed by atoms with Crippen LogP contribution in [-0.4, -0.2) is 28.9 Å². The minimum Gasteiger partial charge on any atom is -0.481 e. The fourth-order valence-electron chi connectivity index (χ4n) is 2.40. The Morgan fingerprint density at radius 1 is 1.50 bits per heavy atom. The van der Waals surface area contributed by atoms with Crippen molar-refractivity contribution in [3.63, 3.8) is 0 Å². The van der Waals surface area contributed by atoms with Crippen molar-refractivity contribution in [3.05, 3.63) is 35.1 Å². The second-order valence-corrected chi connectivity index (χ2v) is 4.61. The number of hydrogen-bond acceptors (Lipinski definition) is 2. The van der Waals surface area contributed by atoms with Gasteiger partial charge in [-0.15, -0.1) is 0 Å². The van der Waals surface area contributed by atoms with Crippen LogP contribution in [0, 0.1) is 18.7 Å².